The van der Waals surface area contributed by atoms with E-state index in [9.17, 15) is 29.9 Å². The van der Waals surface area contributed by atoms with Crippen LogP contribution < -0.4 is 5.32 Å². The molecule has 28 heavy (non-hydrogen) atoms. The lowest BCUT2D eigenvalue weighted by Gasteiger charge is -2.11. The molecule has 0 saturated heterocycles. The molecule has 0 aliphatic heterocycles. The molecule has 0 aliphatic rings. The maximum atomic E-state index is 12.5. The van der Waals surface area contributed by atoms with Crippen molar-refractivity contribution in [1.29, 1.82) is 0 Å². The van der Waals surface area contributed by atoms with Crippen LogP contribution >= 0.6 is 0 Å². The third-order valence-corrected chi connectivity index (χ3v) is 4.04. The summed E-state index contributed by atoms with van der Waals surface area (Å²) in [7, 11) is 0. The second kappa shape index (κ2) is 7.58. The summed E-state index contributed by atoms with van der Waals surface area (Å²) in [5, 5.41) is 32.0. The zero-order chi connectivity index (χ0) is 20.3. The van der Waals surface area contributed by atoms with Crippen molar-refractivity contribution in [2.24, 2.45) is 0 Å². The molecule has 3 aromatic carbocycles. The van der Waals surface area contributed by atoms with E-state index in [1.165, 1.54) is 48.5 Å². The van der Waals surface area contributed by atoms with Gasteiger partial charge in [-0.2, -0.15) is 0 Å². The van der Waals surface area contributed by atoms with Gasteiger partial charge in [0.15, 0.2) is 0 Å². The molecule has 0 fully saturated rings. The van der Waals surface area contributed by atoms with Crippen LogP contribution in [0.25, 0.3) is 11.1 Å². The lowest BCUT2D eigenvalue weighted by molar-refractivity contribution is -0.384. The number of nitrogens with zero attached hydrogens (tertiary/aromatic N) is 1. The predicted molar refractivity (Wildman–Crippen MR) is 102 cm³/mol. The third-order valence-electron chi connectivity index (χ3n) is 4.04. The smallest absolute Gasteiger partial charge is 0.337 e. The third kappa shape index (κ3) is 3.96. The van der Waals surface area contributed by atoms with E-state index in [1.54, 1.807) is 18.2 Å². The van der Waals surface area contributed by atoms with E-state index in [2.05, 4.69) is 5.32 Å². The maximum absolute atomic E-state index is 12.5. The van der Waals surface area contributed by atoms with Crippen LogP contribution in [0.15, 0.2) is 66.7 Å². The molecule has 3 N–H and O–H groups in total. The minimum Gasteiger partial charge on any atom is -0.508 e. The number of nitrogens with one attached hydrogen (secondary N) is 1. The zero-order valence-electron chi connectivity index (χ0n) is 14.3. The van der Waals surface area contributed by atoms with Gasteiger partial charge >= 0.3 is 5.97 Å². The topological polar surface area (TPSA) is 130 Å². The van der Waals surface area contributed by atoms with Gasteiger partial charge in [0.25, 0.3) is 11.6 Å². The Morgan fingerprint density at radius 3 is 2.07 bits per heavy atom. The summed E-state index contributed by atoms with van der Waals surface area (Å²) in [6, 6.07) is 15.8. The normalized spacial score (nSPS) is 10.3. The lowest BCUT2D eigenvalue weighted by atomic mass is 10.0. The van der Waals surface area contributed by atoms with Crippen LogP contribution in [-0.2, 0) is 0 Å². The van der Waals surface area contributed by atoms with Gasteiger partial charge in [0.05, 0.1) is 16.2 Å². The molecule has 0 aromatic heterocycles. The molecule has 0 saturated carbocycles. The molecule has 0 radical (unpaired) electrons. The number of amides is 1. The Morgan fingerprint density at radius 2 is 1.50 bits per heavy atom. The summed E-state index contributed by atoms with van der Waals surface area (Å²) < 4.78 is 0. The number of non-ortho nitro benzene ring substituents is 1. The molecule has 0 bridgehead atoms. The van der Waals surface area contributed by atoms with Gasteiger partial charge in [-0.05, 0) is 47.5 Å². The molecule has 3 aromatic rings. The molecule has 8 heteroatoms. The minimum absolute atomic E-state index is 0.0847. The van der Waals surface area contributed by atoms with E-state index in [4.69, 9.17) is 0 Å². The first-order valence-electron chi connectivity index (χ1n) is 8.07. The molecule has 0 aliphatic carbocycles. The van der Waals surface area contributed by atoms with Crippen molar-refractivity contribution in [3.05, 3.63) is 88.0 Å². The first-order chi connectivity index (χ1) is 13.3. The highest BCUT2D eigenvalue weighted by Crippen LogP contribution is 2.27. The minimum atomic E-state index is -1.21. The highest BCUT2D eigenvalue weighted by Gasteiger charge is 2.16. The van der Waals surface area contributed by atoms with E-state index in [-0.39, 0.29) is 28.3 Å². The Balaban J connectivity index is 1.93. The molecule has 8 nitrogen and oxygen atoms in total. The number of aromatic carboxylic acids is 1. The van der Waals surface area contributed by atoms with Crippen molar-refractivity contribution in [3.63, 3.8) is 0 Å². The van der Waals surface area contributed by atoms with Gasteiger partial charge in [-0.1, -0.05) is 18.2 Å². The number of anilines is 1. The summed E-state index contributed by atoms with van der Waals surface area (Å²) in [6.45, 7) is 0. The van der Waals surface area contributed by atoms with Gasteiger partial charge in [-0.25, -0.2) is 4.79 Å². The first kappa shape index (κ1) is 18.6. The summed E-state index contributed by atoms with van der Waals surface area (Å²) in [5.41, 5.74) is 1.35. The number of hydrogen-bond acceptors (Lipinski definition) is 5. The predicted octanol–water partition coefficient (Wildman–Crippen LogP) is 3.92. The van der Waals surface area contributed by atoms with Crippen LogP contribution in [0.2, 0.25) is 0 Å². The first-order valence-corrected chi connectivity index (χ1v) is 8.07. The van der Waals surface area contributed by atoms with Gasteiger partial charge in [0.2, 0.25) is 0 Å². The van der Waals surface area contributed by atoms with E-state index < -0.39 is 16.8 Å². The number of nitro benzene ring substituents is 1. The quantitative estimate of drug-likeness (QED) is 0.456. The number of phenolic OH excluding ortho intramolecular Hbond substituents is 1. The number of carboxylic acids is 1. The molecule has 0 unspecified atom stereocenters. The number of benzene rings is 3. The van der Waals surface area contributed by atoms with Gasteiger partial charge in [0, 0.05) is 17.7 Å². The fourth-order valence-corrected chi connectivity index (χ4v) is 2.60. The highest BCUT2D eigenvalue weighted by atomic mass is 16.6. The number of carboxylic acid groups (broad SMARTS) is 1. The fourth-order valence-electron chi connectivity index (χ4n) is 2.60. The Hall–Kier alpha value is -4.20. The second-order valence-electron chi connectivity index (χ2n) is 5.87. The number of rotatable bonds is 5. The number of hydrogen-bond donors (Lipinski definition) is 3. The zero-order valence-corrected chi connectivity index (χ0v) is 14.3. The Kier molecular flexibility index (Phi) is 5.03. The Labute approximate surface area is 158 Å². The fraction of sp³-hybridized carbons (Fsp3) is 0. The van der Waals surface area contributed by atoms with Gasteiger partial charge in [-0.3, -0.25) is 14.9 Å². The van der Waals surface area contributed by atoms with E-state index in [0.717, 1.165) is 5.56 Å². The standard InChI is InChI=1S/C20H14N2O6/c23-16-8-3-12(4-9-16)14-5-10-17(20(25)26)18(11-14)21-19(24)13-1-6-15(7-2-13)22(27)28/h1-11,23H,(H,21,24)(H,25,26). The van der Waals surface area contributed by atoms with E-state index in [0.29, 0.717) is 5.56 Å². The van der Waals surface area contributed by atoms with Crippen molar-refractivity contribution < 1.29 is 24.7 Å². The SMILES string of the molecule is O=C(Nc1cc(-c2ccc(O)cc2)ccc1C(=O)O)c1ccc([N+](=O)[O-])cc1. The average Bonchev–Trinajstić information content (AvgIpc) is 2.68. The molecule has 1 amide bonds. The molecular weight excluding hydrogens is 364 g/mol. The lowest BCUT2D eigenvalue weighted by Crippen LogP contribution is -2.15. The maximum Gasteiger partial charge on any atom is 0.337 e. The molecule has 0 atom stereocenters. The largest absolute Gasteiger partial charge is 0.508 e. The second-order valence-corrected chi connectivity index (χ2v) is 5.87. The van der Waals surface area contributed by atoms with Crippen molar-refractivity contribution in [3.8, 4) is 16.9 Å². The van der Waals surface area contributed by atoms with E-state index >= 15 is 0 Å². The summed E-state index contributed by atoms with van der Waals surface area (Å²) in [6.07, 6.45) is 0. The molecule has 140 valence electrons. The van der Waals surface area contributed by atoms with Crippen molar-refractivity contribution in [2.45, 2.75) is 0 Å². The molecular formula is C20H14N2O6. The Morgan fingerprint density at radius 1 is 0.893 bits per heavy atom. The number of aromatic hydroxyl groups is 1. The summed E-state index contributed by atoms with van der Waals surface area (Å²) >= 11 is 0. The van der Waals surface area contributed by atoms with Crippen molar-refractivity contribution in [1.82, 2.24) is 0 Å². The number of carbonyl (C=O) groups excluding carboxylic acids is 1. The number of carbonyl (C=O) groups is 2. The van der Waals surface area contributed by atoms with Crippen LogP contribution in [-0.4, -0.2) is 27.0 Å². The summed E-state index contributed by atoms with van der Waals surface area (Å²) in [5.74, 6) is -1.71. The highest BCUT2D eigenvalue weighted by molar-refractivity contribution is 6.08. The van der Waals surface area contributed by atoms with Crippen LogP contribution in [0.4, 0.5) is 11.4 Å². The number of phenols is 1. The van der Waals surface area contributed by atoms with Crippen molar-refractivity contribution in [2.75, 3.05) is 5.32 Å². The van der Waals surface area contributed by atoms with E-state index in [1.807, 2.05) is 0 Å². The molecule has 0 spiro atoms. The van der Waals surface area contributed by atoms with Gasteiger partial charge < -0.3 is 15.5 Å². The van der Waals surface area contributed by atoms with Crippen LogP contribution in [0.1, 0.15) is 20.7 Å². The van der Waals surface area contributed by atoms with Crippen LogP contribution in [0, 0.1) is 10.1 Å². The van der Waals surface area contributed by atoms with Gasteiger partial charge in [-0.15, -0.1) is 0 Å². The summed E-state index contributed by atoms with van der Waals surface area (Å²) in [4.78, 5) is 34.1. The average molecular weight is 378 g/mol. The number of nitro groups is 1. The molecule has 0 heterocycles. The monoisotopic (exact) mass is 378 g/mol. The Bertz CT molecular complexity index is 1060. The van der Waals surface area contributed by atoms with Crippen LogP contribution in [0.3, 0.4) is 0 Å². The van der Waals surface area contributed by atoms with Gasteiger partial charge in [0.1, 0.15) is 5.75 Å². The van der Waals surface area contributed by atoms with Crippen molar-refractivity contribution >= 4 is 23.3 Å². The molecule has 3 rings (SSSR count). The van der Waals surface area contributed by atoms with Crippen LogP contribution in [0.5, 0.6) is 5.75 Å².